The van der Waals surface area contributed by atoms with Crippen LogP contribution in [0, 0.1) is 0 Å². The van der Waals surface area contributed by atoms with Crippen LogP contribution in [0.25, 0.3) is 0 Å². The van der Waals surface area contributed by atoms with Crippen LogP contribution in [0.2, 0.25) is 0 Å². The van der Waals surface area contributed by atoms with Gasteiger partial charge in [0.1, 0.15) is 5.75 Å². The van der Waals surface area contributed by atoms with Crippen molar-refractivity contribution in [1.82, 2.24) is 0 Å². The molecule has 0 saturated carbocycles. The summed E-state index contributed by atoms with van der Waals surface area (Å²) >= 11 is 0. The molecule has 0 fully saturated rings. The van der Waals surface area contributed by atoms with Gasteiger partial charge in [0.15, 0.2) is 0 Å². The van der Waals surface area contributed by atoms with Crippen molar-refractivity contribution in [2.24, 2.45) is 0 Å². The number of rotatable bonds is 2. The number of phenolic OH excluding ortho intramolecular Hbond substituents is 1. The average molecular weight is 282 g/mol. The van der Waals surface area contributed by atoms with Crippen LogP contribution in [0.15, 0.2) is 12.1 Å². The minimum Gasteiger partial charge on any atom is -0.507 e. The third-order valence-corrected chi connectivity index (χ3v) is 3.90. The highest BCUT2D eigenvalue weighted by molar-refractivity contribution is 7.83. The van der Waals surface area contributed by atoms with Crippen LogP contribution in [0.4, 0.5) is 0 Å². The zero-order valence-corrected chi connectivity index (χ0v) is 13.9. The smallest absolute Gasteiger partial charge is 0.123 e. The van der Waals surface area contributed by atoms with Crippen LogP contribution in [0.1, 0.15) is 58.2 Å². The van der Waals surface area contributed by atoms with E-state index in [1.807, 2.05) is 12.1 Å². The van der Waals surface area contributed by atoms with Crippen LogP contribution in [-0.2, 0) is 27.4 Å². The molecule has 0 bridgehead atoms. The Labute approximate surface area is 119 Å². The summed E-state index contributed by atoms with van der Waals surface area (Å²) in [5.41, 5.74) is 2.64. The standard InChI is InChI=1S/C16H26O2S/c1-15(2,3)12-8-11(10-19(7)18)9-13(14(12)17)16(4,5)6/h8-9,17H,10H2,1-7H3. The van der Waals surface area contributed by atoms with E-state index in [0.29, 0.717) is 11.5 Å². The molecule has 108 valence electrons. The summed E-state index contributed by atoms with van der Waals surface area (Å²) < 4.78 is 11.5. The van der Waals surface area contributed by atoms with Gasteiger partial charge in [0, 0.05) is 22.8 Å². The number of hydrogen-bond donors (Lipinski definition) is 1. The lowest BCUT2D eigenvalue weighted by atomic mass is 9.78. The van der Waals surface area contributed by atoms with Crippen molar-refractivity contribution in [2.45, 2.75) is 58.1 Å². The second kappa shape index (κ2) is 5.28. The Morgan fingerprint density at radius 2 is 1.37 bits per heavy atom. The van der Waals surface area contributed by atoms with Crippen molar-refractivity contribution in [3.8, 4) is 5.75 Å². The molecule has 0 radical (unpaired) electrons. The molecular weight excluding hydrogens is 256 g/mol. The Balaban J connectivity index is 3.52. The monoisotopic (exact) mass is 282 g/mol. The molecule has 2 nitrogen and oxygen atoms in total. The number of benzene rings is 1. The van der Waals surface area contributed by atoms with Crippen LogP contribution in [-0.4, -0.2) is 15.6 Å². The molecule has 1 aromatic rings. The van der Waals surface area contributed by atoms with Gasteiger partial charge in [-0.15, -0.1) is 0 Å². The fourth-order valence-corrected chi connectivity index (χ4v) is 2.79. The highest BCUT2D eigenvalue weighted by Gasteiger charge is 2.26. The maximum Gasteiger partial charge on any atom is 0.123 e. The van der Waals surface area contributed by atoms with E-state index in [1.54, 1.807) is 6.26 Å². The van der Waals surface area contributed by atoms with Crippen molar-refractivity contribution >= 4 is 10.8 Å². The lowest BCUT2D eigenvalue weighted by Crippen LogP contribution is -2.18. The van der Waals surface area contributed by atoms with E-state index in [1.165, 1.54) is 0 Å². The molecule has 0 aliphatic carbocycles. The zero-order valence-electron chi connectivity index (χ0n) is 13.1. The summed E-state index contributed by atoms with van der Waals surface area (Å²) in [7, 11) is -0.875. The summed E-state index contributed by atoms with van der Waals surface area (Å²) in [6, 6.07) is 3.98. The molecule has 0 spiro atoms. The molecule has 1 unspecified atom stereocenters. The quantitative estimate of drug-likeness (QED) is 0.894. The van der Waals surface area contributed by atoms with Crippen molar-refractivity contribution in [3.63, 3.8) is 0 Å². The first-order valence-corrected chi connectivity index (χ1v) is 8.32. The van der Waals surface area contributed by atoms with Gasteiger partial charge in [0.05, 0.1) is 0 Å². The summed E-state index contributed by atoms with van der Waals surface area (Å²) in [5, 5.41) is 10.5. The van der Waals surface area contributed by atoms with Gasteiger partial charge in [-0.05, 0) is 27.5 Å². The summed E-state index contributed by atoms with van der Waals surface area (Å²) in [6.07, 6.45) is 1.71. The van der Waals surface area contributed by atoms with E-state index in [-0.39, 0.29) is 10.8 Å². The van der Waals surface area contributed by atoms with E-state index >= 15 is 0 Å². The first-order valence-electron chi connectivity index (χ1n) is 6.60. The van der Waals surface area contributed by atoms with E-state index < -0.39 is 10.8 Å². The van der Waals surface area contributed by atoms with E-state index in [2.05, 4.69) is 41.5 Å². The lowest BCUT2D eigenvalue weighted by Gasteiger charge is -2.28. The van der Waals surface area contributed by atoms with Gasteiger partial charge in [-0.25, -0.2) is 0 Å². The minimum absolute atomic E-state index is 0.130. The molecule has 1 aromatic carbocycles. The zero-order chi connectivity index (χ0) is 15.0. The Kier molecular flexibility index (Phi) is 4.51. The first kappa shape index (κ1) is 16.2. The molecule has 0 aliphatic heterocycles. The summed E-state index contributed by atoms with van der Waals surface area (Å²) in [6.45, 7) is 12.5. The third-order valence-electron chi connectivity index (χ3n) is 3.16. The van der Waals surface area contributed by atoms with Gasteiger partial charge in [0.25, 0.3) is 0 Å². The molecule has 0 saturated heterocycles. The Morgan fingerprint density at radius 1 is 1.00 bits per heavy atom. The van der Waals surface area contributed by atoms with Gasteiger partial charge in [-0.1, -0.05) is 53.7 Å². The fraction of sp³-hybridized carbons (Fsp3) is 0.625. The van der Waals surface area contributed by atoms with Crippen molar-refractivity contribution < 1.29 is 9.32 Å². The molecule has 1 atom stereocenters. The predicted molar refractivity (Wildman–Crippen MR) is 83.3 cm³/mol. The second-order valence-corrected chi connectivity index (χ2v) is 8.69. The maximum absolute atomic E-state index is 11.5. The highest BCUT2D eigenvalue weighted by atomic mass is 32.2. The average Bonchev–Trinajstić information content (AvgIpc) is 2.16. The van der Waals surface area contributed by atoms with Crippen LogP contribution < -0.4 is 0 Å². The highest BCUT2D eigenvalue weighted by Crippen LogP contribution is 2.39. The SMILES string of the molecule is CS(=O)Cc1cc(C(C)(C)C)c(O)c(C(C)(C)C)c1. The second-order valence-electron chi connectivity index (χ2n) is 7.26. The number of hydrogen-bond acceptors (Lipinski definition) is 2. The molecule has 0 aromatic heterocycles. The van der Waals surface area contributed by atoms with E-state index in [4.69, 9.17) is 0 Å². The third kappa shape index (κ3) is 4.07. The van der Waals surface area contributed by atoms with Crippen LogP contribution in [0.5, 0.6) is 5.75 Å². The lowest BCUT2D eigenvalue weighted by molar-refractivity contribution is 0.423. The first-order chi connectivity index (χ1) is 8.43. The topological polar surface area (TPSA) is 37.3 Å². The Bertz CT molecular complexity index is 455. The predicted octanol–water partition coefficient (Wildman–Crippen LogP) is 3.87. The molecule has 0 heterocycles. The largest absolute Gasteiger partial charge is 0.507 e. The maximum atomic E-state index is 11.5. The molecule has 1 N–H and O–H groups in total. The van der Waals surface area contributed by atoms with Crippen LogP contribution in [0.3, 0.4) is 0 Å². The Hall–Kier alpha value is -0.830. The summed E-state index contributed by atoms with van der Waals surface area (Å²) in [5.74, 6) is 0.914. The minimum atomic E-state index is -0.875. The van der Waals surface area contributed by atoms with Crippen molar-refractivity contribution in [3.05, 3.63) is 28.8 Å². The fourth-order valence-electron chi connectivity index (χ4n) is 2.16. The summed E-state index contributed by atoms with van der Waals surface area (Å²) in [4.78, 5) is 0. The number of phenols is 1. The molecule has 3 heteroatoms. The number of aromatic hydroxyl groups is 1. The molecule has 19 heavy (non-hydrogen) atoms. The molecule has 1 rings (SSSR count). The van der Waals surface area contributed by atoms with Gasteiger partial charge >= 0.3 is 0 Å². The van der Waals surface area contributed by atoms with Gasteiger partial charge in [-0.3, -0.25) is 4.21 Å². The van der Waals surface area contributed by atoms with Gasteiger partial charge in [-0.2, -0.15) is 0 Å². The van der Waals surface area contributed by atoms with Gasteiger partial charge < -0.3 is 5.11 Å². The Morgan fingerprint density at radius 3 is 1.63 bits per heavy atom. The molecular formula is C16H26O2S. The van der Waals surface area contributed by atoms with Crippen molar-refractivity contribution in [2.75, 3.05) is 6.26 Å². The van der Waals surface area contributed by atoms with E-state index in [9.17, 15) is 9.32 Å². The van der Waals surface area contributed by atoms with Crippen LogP contribution >= 0.6 is 0 Å². The molecule has 0 aliphatic rings. The normalized spacial score (nSPS) is 14.5. The van der Waals surface area contributed by atoms with Gasteiger partial charge in [0.2, 0.25) is 0 Å². The van der Waals surface area contributed by atoms with E-state index in [0.717, 1.165) is 16.7 Å². The molecule has 0 amide bonds. The van der Waals surface area contributed by atoms with Crippen molar-refractivity contribution in [1.29, 1.82) is 0 Å².